The molecule has 3 atom stereocenters. The molecular formula is C36H48N2O5. The van der Waals surface area contributed by atoms with Gasteiger partial charge in [0.05, 0.1) is 18.9 Å². The highest BCUT2D eigenvalue weighted by Crippen LogP contribution is 2.45. The highest BCUT2D eigenvalue weighted by Gasteiger charge is 2.56. The van der Waals surface area contributed by atoms with Crippen LogP contribution in [0.2, 0.25) is 0 Å². The number of likely N-dealkylation sites (N-methyl/N-ethyl adjacent to an activating group) is 1. The van der Waals surface area contributed by atoms with Gasteiger partial charge in [0.25, 0.3) is 11.7 Å². The third-order valence-corrected chi connectivity index (χ3v) is 7.54. The maximum Gasteiger partial charge on any atom is 0.290 e. The van der Waals surface area contributed by atoms with E-state index in [1.807, 2.05) is 42.5 Å². The molecule has 2 amide bonds. The van der Waals surface area contributed by atoms with Crippen molar-refractivity contribution < 1.29 is 23.8 Å². The van der Waals surface area contributed by atoms with E-state index in [0.717, 1.165) is 36.8 Å². The fourth-order valence-corrected chi connectivity index (χ4v) is 5.15. The van der Waals surface area contributed by atoms with Crippen molar-refractivity contribution in [3.8, 4) is 0 Å². The Balaban J connectivity index is 1.88. The molecule has 3 unspecified atom stereocenters. The summed E-state index contributed by atoms with van der Waals surface area (Å²) in [4.78, 5) is 28.3. The monoisotopic (exact) mass is 588 g/mol. The average Bonchev–Trinajstić information content (AvgIpc) is 2.98. The predicted octanol–water partition coefficient (Wildman–Crippen LogP) is 7.86. The first kappa shape index (κ1) is 34.0. The van der Waals surface area contributed by atoms with E-state index in [0.29, 0.717) is 18.0 Å². The first-order chi connectivity index (χ1) is 20.6. The molecule has 2 aromatic rings. The van der Waals surface area contributed by atoms with Gasteiger partial charge in [-0.2, -0.15) is 0 Å². The minimum atomic E-state index is -1.65. The number of nitrogens with one attached hydrogen (secondary N) is 1. The van der Waals surface area contributed by atoms with Crippen molar-refractivity contribution in [3.63, 3.8) is 0 Å². The number of anilines is 2. The van der Waals surface area contributed by atoms with Gasteiger partial charge in [0.15, 0.2) is 0 Å². The number of nitrogens with zero attached hydrogens (tertiary/aromatic N) is 1. The van der Waals surface area contributed by atoms with E-state index in [1.165, 1.54) is 22.1 Å². The summed E-state index contributed by atoms with van der Waals surface area (Å²) in [5, 5.41) is 2.90. The van der Waals surface area contributed by atoms with Crippen molar-refractivity contribution in [1.29, 1.82) is 0 Å². The molecule has 0 aliphatic carbocycles. The zero-order valence-corrected chi connectivity index (χ0v) is 26.8. The fourth-order valence-electron chi connectivity index (χ4n) is 5.15. The third-order valence-electron chi connectivity index (χ3n) is 7.54. The molecule has 0 aromatic heterocycles. The molecule has 7 heteroatoms. The maximum atomic E-state index is 14.1. The average molecular weight is 589 g/mol. The molecular weight excluding hydrogens is 540 g/mol. The Morgan fingerprint density at radius 3 is 2.51 bits per heavy atom. The van der Waals surface area contributed by atoms with Gasteiger partial charge in [-0.3, -0.25) is 9.59 Å². The summed E-state index contributed by atoms with van der Waals surface area (Å²) in [6.45, 7) is 11.1. The Morgan fingerprint density at radius 1 is 1.09 bits per heavy atom. The molecule has 0 saturated carbocycles. The summed E-state index contributed by atoms with van der Waals surface area (Å²) in [6, 6.07) is 15.1. The largest absolute Gasteiger partial charge is 0.370 e. The molecule has 43 heavy (non-hydrogen) atoms. The van der Waals surface area contributed by atoms with Crippen molar-refractivity contribution in [3.05, 3.63) is 89.0 Å². The number of ether oxygens (including phenoxy) is 3. The number of carbonyl (C=O) groups is 2. The summed E-state index contributed by atoms with van der Waals surface area (Å²) >= 11 is 0. The number of hydrogen-bond donors (Lipinski definition) is 1. The molecule has 3 rings (SSSR count). The molecule has 232 valence electrons. The lowest BCUT2D eigenvalue weighted by molar-refractivity contribution is -0.274. The second-order valence-corrected chi connectivity index (χ2v) is 11.5. The Labute approximate surface area is 257 Å². The second kappa shape index (κ2) is 16.4. The van der Waals surface area contributed by atoms with Crippen LogP contribution in [0.15, 0.2) is 77.9 Å². The van der Waals surface area contributed by atoms with E-state index in [9.17, 15) is 9.59 Å². The van der Waals surface area contributed by atoms with Gasteiger partial charge >= 0.3 is 0 Å². The third kappa shape index (κ3) is 9.23. The molecule has 0 bridgehead atoms. The van der Waals surface area contributed by atoms with Crippen LogP contribution in [-0.2, 0) is 23.8 Å². The van der Waals surface area contributed by atoms with Crippen LogP contribution >= 0.6 is 0 Å². The lowest BCUT2D eigenvalue weighted by Crippen LogP contribution is -2.59. The Bertz CT molecular complexity index is 1310. The van der Waals surface area contributed by atoms with Crippen LogP contribution in [0.4, 0.5) is 11.4 Å². The lowest BCUT2D eigenvalue weighted by Gasteiger charge is -2.45. The number of allylic oxidation sites excluding steroid dienone is 3. The smallest absolute Gasteiger partial charge is 0.290 e. The van der Waals surface area contributed by atoms with E-state index >= 15 is 0 Å². The van der Waals surface area contributed by atoms with Gasteiger partial charge in [-0.25, -0.2) is 0 Å². The van der Waals surface area contributed by atoms with Crippen LogP contribution in [0.25, 0.3) is 6.08 Å². The van der Waals surface area contributed by atoms with Crippen molar-refractivity contribution in [2.24, 2.45) is 5.92 Å². The van der Waals surface area contributed by atoms with Crippen LogP contribution in [-0.4, -0.2) is 45.0 Å². The number of hydrogen-bond acceptors (Lipinski definition) is 5. The lowest BCUT2D eigenvalue weighted by atomic mass is 9.92. The van der Waals surface area contributed by atoms with Crippen LogP contribution in [0.1, 0.15) is 77.5 Å². The molecule has 1 heterocycles. The van der Waals surface area contributed by atoms with Crippen molar-refractivity contribution in [2.45, 2.75) is 72.2 Å². The Morgan fingerprint density at radius 2 is 1.84 bits per heavy atom. The number of carbonyl (C=O) groups excluding carboxylic acids is 2. The zero-order valence-electron chi connectivity index (χ0n) is 26.8. The summed E-state index contributed by atoms with van der Waals surface area (Å²) in [7, 11) is 3.26. The molecule has 0 saturated heterocycles. The number of methoxy groups -OCH3 is 1. The first-order valence-corrected chi connectivity index (χ1v) is 15.2. The standard InChI is InChI=1S/C36H48N2O5/c1-8-13-28(5)25-43-36(42-23-22-27(4)15-12-14-26(2)3)34(41-7)31-20-19-30(24-32(31)38(6)35(36)40)37-33(39)21-18-29-16-10-9-11-17-29/h9-11,14,16-22,24,28,34H,8,12-13,15,23,25H2,1-7H3,(H,37,39)/b21-18?,27-22+. The van der Waals surface area contributed by atoms with Gasteiger partial charge < -0.3 is 24.4 Å². The van der Waals surface area contributed by atoms with Crippen LogP contribution in [0.5, 0.6) is 0 Å². The summed E-state index contributed by atoms with van der Waals surface area (Å²) in [5.41, 5.74) is 5.34. The van der Waals surface area contributed by atoms with Crippen molar-refractivity contribution in [1.82, 2.24) is 0 Å². The molecule has 1 N–H and O–H groups in total. The van der Waals surface area contributed by atoms with E-state index in [2.05, 4.69) is 46.0 Å². The van der Waals surface area contributed by atoms with Gasteiger partial charge in [0, 0.05) is 31.5 Å². The minimum absolute atomic E-state index is 0.208. The molecule has 7 nitrogen and oxygen atoms in total. The summed E-state index contributed by atoms with van der Waals surface area (Å²) in [5.74, 6) is -2.03. The molecule has 0 spiro atoms. The van der Waals surface area contributed by atoms with Crippen LogP contribution in [0.3, 0.4) is 0 Å². The predicted molar refractivity (Wildman–Crippen MR) is 175 cm³/mol. The van der Waals surface area contributed by atoms with Gasteiger partial charge in [0.1, 0.15) is 6.10 Å². The minimum Gasteiger partial charge on any atom is -0.370 e. The van der Waals surface area contributed by atoms with Gasteiger partial charge in [-0.15, -0.1) is 0 Å². The van der Waals surface area contributed by atoms with Crippen LogP contribution in [0, 0.1) is 5.92 Å². The second-order valence-electron chi connectivity index (χ2n) is 11.5. The Hall–Kier alpha value is -3.52. The number of rotatable bonds is 15. The molecule has 0 fully saturated rings. The highest BCUT2D eigenvalue weighted by molar-refractivity contribution is 6.05. The van der Waals surface area contributed by atoms with Crippen molar-refractivity contribution in [2.75, 3.05) is 37.6 Å². The Kier molecular flexibility index (Phi) is 12.9. The van der Waals surface area contributed by atoms with Gasteiger partial charge in [-0.1, -0.05) is 80.0 Å². The molecule has 0 radical (unpaired) electrons. The van der Waals surface area contributed by atoms with Gasteiger partial charge in [0.2, 0.25) is 5.91 Å². The summed E-state index contributed by atoms with van der Waals surface area (Å²) < 4.78 is 18.8. The highest BCUT2D eigenvalue weighted by atomic mass is 16.7. The maximum absolute atomic E-state index is 14.1. The van der Waals surface area contributed by atoms with E-state index < -0.39 is 11.9 Å². The number of amides is 2. The molecule has 2 aromatic carbocycles. The van der Waals surface area contributed by atoms with E-state index in [-0.39, 0.29) is 24.3 Å². The van der Waals surface area contributed by atoms with E-state index in [4.69, 9.17) is 14.2 Å². The first-order valence-electron chi connectivity index (χ1n) is 15.2. The molecule has 1 aliphatic heterocycles. The van der Waals surface area contributed by atoms with Gasteiger partial charge in [-0.05, 0) is 69.7 Å². The SMILES string of the molecule is CCCC(C)COC1(OC/C=C(\C)CCC=C(C)C)C(=O)N(C)c2cc(NC(=O)C=Cc3ccccc3)ccc2C1OC. The number of benzene rings is 2. The zero-order chi connectivity index (χ0) is 31.4. The quantitative estimate of drug-likeness (QED) is 0.130. The molecule has 1 aliphatic rings. The topological polar surface area (TPSA) is 77.1 Å². The fraction of sp³-hybridized carbons (Fsp3) is 0.444. The van der Waals surface area contributed by atoms with Crippen LogP contribution < -0.4 is 10.2 Å². The summed E-state index contributed by atoms with van der Waals surface area (Å²) in [6.07, 6.45) is 10.5. The normalized spacial score (nSPS) is 19.3. The van der Waals surface area contributed by atoms with E-state index in [1.54, 1.807) is 32.4 Å². The van der Waals surface area contributed by atoms with Crippen molar-refractivity contribution >= 4 is 29.3 Å². The number of fused-ring (bicyclic) bond motifs is 1.